The Morgan fingerprint density at radius 2 is 2.25 bits per heavy atom. The summed E-state index contributed by atoms with van der Waals surface area (Å²) < 4.78 is 0. The quantitative estimate of drug-likeness (QED) is 0.858. The summed E-state index contributed by atoms with van der Waals surface area (Å²) in [6, 6.07) is 5.89. The van der Waals surface area contributed by atoms with Crippen LogP contribution in [0.4, 0.5) is 5.69 Å². The smallest absolute Gasteiger partial charge is 0.253 e. The van der Waals surface area contributed by atoms with Gasteiger partial charge >= 0.3 is 0 Å². The van der Waals surface area contributed by atoms with Crippen LogP contribution in [-0.4, -0.2) is 17.4 Å². The van der Waals surface area contributed by atoms with Crippen LogP contribution in [0.2, 0.25) is 0 Å². The number of benzene rings is 1. The van der Waals surface area contributed by atoms with Crippen molar-refractivity contribution in [3.8, 4) is 0 Å². The maximum Gasteiger partial charge on any atom is 0.253 e. The molecular weight excluding hydrogens is 270 g/mol. The van der Waals surface area contributed by atoms with E-state index in [2.05, 4.69) is 22.5 Å². The van der Waals surface area contributed by atoms with Crippen molar-refractivity contribution in [2.45, 2.75) is 26.8 Å². The number of carbonyl (C=O) groups is 1. The fourth-order valence-corrected chi connectivity index (χ4v) is 2.39. The first kappa shape index (κ1) is 14.5. The standard InChI is InChI=1S/C15H19N3OS/c1-3-6-17-14-5-4-11(2)7-13(14)15(19)18-9-12-8-16-10-20-12/h4-5,7-8,10,17H,3,6,9H2,1-2H3,(H,18,19). The Bertz CT molecular complexity index is 567. The van der Waals surface area contributed by atoms with E-state index in [1.165, 1.54) is 11.3 Å². The van der Waals surface area contributed by atoms with Gasteiger partial charge in [0, 0.05) is 23.3 Å². The van der Waals surface area contributed by atoms with Crippen LogP contribution in [0.3, 0.4) is 0 Å². The summed E-state index contributed by atoms with van der Waals surface area (Å²) in [5, 5.41) is 6.23. The number of aryl methyl sites for hydroxylation is 1. The maximum absolute atomic E-state index is 12.3. The van der Waals surface area contributed by atoms with Crippen LogP contribution in [0.5, 0.6) is 0 Å². The average molecular weight is 289 g/mol. The van der Waals surface area contributed by atoms with Crippen LogP contribution < -0.4 is 10.6 Å². The van der Waals surface area contributed by atoms with Gasteiger partial charge in [-0.3, -0.25) is 9.78 Å². The molecule has 0 spiro atoms. The van der Waals surface area contributed by atoms with Crippen molar-refractivity contribution in [1.82, 2.24) is 10.3 Å². The van der Waals surface area contributed by atoms with Crippen molar-refractivity contribution in [2.24, 2.45) is 0 Å². The molecular formula is C15H19N3OS. The highest BCUT2D eigenvalue weighted by molar-refractivity contribution is 7.09. The Kier molecular flexibility index (Phi) is 5.12. The highest BCUT2D eigenvalue weighted by Crippen LogP contribution is 2.18. The van der Waals surface area contributed by atoms with Gasteiger partial charge in [-0.2, -0.15) is 0 Å². The lowest BCUT2D eigenvalue weighted by molar-refractivity contribution is 0.0952. The van der Waals surface area contributed by atoms with Gasteiger partial charge in [0.15, 0.2) is 0 Å². The van der Waals surface area contributed by atoms with Gasteiger partial charge < -0.3 is 10.6 Å². The molecule has 0 saturated carbocycles. The molecule has 0 aliphatic rings. The fourth-order valence-electron chi connectivity index (χ4n) is 1.85. The zero-order chi connectivity index (χ0) is 14.4. The first-order chi connectivity index (χ1) is 9.70. The Morgan fingerprint density at radius 1 is 1.40 bits per heavy atom. The molecule has 0 atom stereocenters. The molecule has 0 bridgehead atoms. The van der Waals surface area contributed by atoms with Gasteiger partial charge in [-0.05, 0) is 25.5 Å². The molecule has 0 radical (unpaired) electrons. The zero-order valence-corrected chi connectivity index (χ0v) is 12.6. The molecule has 1 aromatic carbocycles. The minimum absolute atomic E-state index is 0.0549. The summed E-state index contributed by atoms with van der Waals surface area (Å²) in [5.74, 6) is -0.0549. The summed E-state index contributed by atoms with van der Waals surface area (Å²) in [7, 11) is 0. The van der Waals surface area contributed by atoms with Crippen molar-refractivity contribution in [2.75, 3.05) is 11.9 Å². The van der Waals surface area contributed by atoms with E-state index in [0.29, 0.717) is 12.1 Å². The van der Waals surface area contributed by atoms with Crippen LogP contribution in [0.15, 0.2) is 29.9 Å². The summed E-state index contributed by atoms with van der Waals surface area (Å²) >= 11 is 1.54. The summed E-state index contributed by atoms with van der Waals surface area (Å²) in [6.45, 7) is 5.47. The second-order valence-corrected chi connectivity index (χ2v) is 5.60. The number of nitrogens with one attached hydrogen (secondary N) is 2. The van der Waals surface area contributed by atoms with Gasteiger partial charge in [-0.25, -0.2) is 0 Å². The third-order valence-electron chi connectivity index (χ3n) is 2.89. The predicted octanol–water partition coefficient (Wildman–Crippen LogP) is 3.20. The molecule has 0 unspecified atom stereocenters. The van der Waals surface area contributed by atoms with E-state index in [9.17, 15) is 4.79 Å². The van der Waals surface area contributed by atoms with Gasteiger partial charge in [0.1, 0.15) is 0 Å². The minimum atomic E-state index is -0.0549. The molecule has 2 rings (SSSR count). The lowest BCUT2D eigenvalue weighted by Crippen LogP contribution is -2.23. The molecule has 0 fully saturated rings. The fraction of sp³-hybridized carbons (Fsp3) is 0.333. The topological polar surface area (TPSA) is 54.0 Å². The normalized spacial score (nSPS) is 10.3. The number of anilines is 1. The average Bonchev–Trinajstić information content (AvgIpc) is 2.96. The van der Waals surface area contributed by atoms with E-state index >= 15 is 0 Å². The first-order valence-corrected chi connectivity index (χ1v) is 7.58. The van der Waals surface area contributed by atoms with Crippen molar-refractivity contribution in [1.29, 1.82) is 0 Å². The SMILES string of the molecule is CCCNc1ccc(C)cc1C(=O)NCc1cncs1. The number of hydrogen-bond donors (Lipinski definition) is 2. The van der Waals surface area contributed by atoms with E-state index < -0.39 is 0 Å². The van der Waals surface area contributed by atoms with Crippen LogP contribution in [0.1, 0.15) is 34.1 Å². The molecule has 106 valence electrons. The highest BCUT2D eigenvalue weighted by atomic mass is 32.1. The largest absolute Gasteiger partial charge is 0.384 e. The Morgan fingerprint density at radius 3 is 2.95 bits per heavy atom. The molecule has 20 heavy (non-hydrogen) atoms. The number of carbonyl (C=O) groups excluding carboxylic acids is 1. The molecule has 0 aliphatic heterocycles. The Hall–Kier alpha value is -1.88. The van der Waals surface area contributed by atoms with Gasteiger partial charge in [0.2, 0.25) is 0 Å². The van der Waals surface area contributed by atoms with Crippen LogP contribution in [0, 0.1) is 6.92 Å². The van der Waals surface area contributed by atoms with E-state index in [1.807, 2.05) is 25.1 Å². The lowest BCUT2D eigenvalue weighted by atomic mass is 10.1. The zero-order valence-electron chi connectivity index (χ0n) is 11.8. The van der Waals surface area contributed by atoms with Crippen molar-refractivity contribution >= 4 is 22.9 Å². The number of aromatic nitrogens is 1. The van der Waals surface area contributed by atoms with E-state index in [-0.39, 0.29) is 5.91 Å². The van der Waals surface area contributed by atoms with Crippen molar-refractivity contribution in [3.63, 3.8) is 0 Å². The third kappa shape index (κ3) is 3.81. The van der Waals surface area contributed by atoms with Crippen LogP contribution >= 0.6 is 11.3 Å². The van der Waals surface area contributed by atoms with Gasteiger partial charge in [0.05, 0.1) is 17.6 Å². The number of nitrogens with zero attached hydrogens (tertiary/aromatic N) is 1. The third-order valence-corrected chi connectivity index (χ3v) is 3.67. The van der Waals surface area contributed by atoms with Crippen molar-refractivity contribution in [3.05, 3.63) is 45.9 Å². The molecule has 0 aliphatic carbocycles. The monoisotopic (exact) mass is 289 g/mol. The summed E-state index contributed by atoms with van der Waals surface area (Å²) in [6.07, 6.45) is 2.80. The molecule has 5 heteroatoms. The van der Waals surface area contributed by atoms with Gasteiger partial charge in [-0.15, -0.1) is 11.3 Å². The molecule has 1 amide bonds. The van der Waals surface area contributed by atoms with Crippen molar-refractivity contribution < 1.29 is 4.79 Å². The summed E-state index contributed by atoms with van der Waals surface area (Å²) in [5.41, 5.74) is 4.43. The van der Waals surface area contributed by atoms with E-state index in [4.69, 9.17) is 0 Å². The second-order valence-electron chi connectivity index (χ2n) is 4.63. The molecule has 2 N–H and O–H groups in total. The highest BCUT2D eigenvalue weighted by Gasteiger charge is 2.11. The van der Waals surface area contributed by atoms with Crippen LogP contribution in [0.25, 0.3) is 0 Å². The second kappa shape index (κ2) is 7.05. The number of amides is 1. The van der Waals surface area contributed by atoms with Gasteiger partial charge in [-0.1, -0.05) is 18.6 Å². The molecule has 1 aromatic heterocycles. The minimum Gasteiger partial charge on any atom is -0.384 e. The van der Waals surface area contributed by atoms with Crippen LogP contribution in [-0.2, 0) is 6.54 Å². The Balaban J connectivity index is 2.08. The predicted molar refractivity (Wildman–Crippen MR) is 83.2 cm³/mol. The number of rotatable bonds is 6. The van der Waals surface area contributed by atoms with Gasteiger partial charge in [0.25, 0.3) is 5.91 Å². The number of hydrogen-bond acceptors (Lipinski definition) is 4. The maximum atomic E-state index is 12.3. The molecule has 4 nitrogen and oxygen atoms in total. The van der Waals surface area contributed by atoms with E-state index in [0.717, 1.165) is 29.1 Å². The molecule has 1 heterocycles. The first-order valence-electron chi connectivity index (χ1n) is 6.70. The Labute approximate surface area is 123 Å². The molecule has 2 aromatic rings. The summed E-state index contributed by atoms with van der Waals surface area (Å²) in [4.78, 5) is 17.4. The molecule has 0 saturated heterocycles. The lowest BCUT2D eigenvalue weighted by Gasteiger charge is -2.12. The van der Waals surface area contributed by atoms with E-state index in [1.54, 1.807) is 11.7 Å². The number of thiazole rings is 1.